The van der Waals surface area contributed by atoms with Crippen molar-refractivity contribution in [2.45, 2.75) is 65.8 Å². The van der Waals surface area contributed by atoms with Gasteiger partial charge in [0, 0.05) is 30.6 Å². The Morgan fingerprint density at radius 1 is 1.19 bits per heavy atom. The Hall–Kier alpha value is -1.91. The fourth-order valence-electron chi connectivity index (χ4n) is 5.01. The molecule has 2 bridgehead atoms. The number of nitrogens with zero attached hydrogens (tertiary/aromatic N) is 3. The average molecular weight is 372 g/mol. The minimum absolute atomic E-state index is 0.121. The van der Waals surface area contributed by atoms with Crippen LogP contribution in [-0.2, 0) is 0 Å². The molecule has 0 amide bonds. The van der Waals surface area contributed by atoms with Crippen molar-refractivity contribution in [3.63, 3.8) is 0 Å². The van der Waals surface area contributed by atoms with Crippen molar-refractivity contribution >= 4 is 17.2 Å². The first kappa shape index (κ1) is 19.8. The first-order valence-corrected chi connectivity index (χ1v) is 10.5. The first-order chi connectivity index (χ1) is 12.9. The largest absolute Gasteiger partial charge is 0.357 e. The summed E-state index contributed by atoms with van der Waals surface area (Å²) in [6, 6.07) is 7.26. The van der Waals surface area contributed by atoms with E-state index in [0.29, 0.717) is 17.9 Å². The number of benzene rings is 1. The summed E-state index contributed by atoms with van der Waals surface area (Å²) in [6.07, 6.45) is 6.19. The molecule has 0 aromatic heterocycles. The van der Waals surface area contributed by atoms with Crippen molar-refractivity contribution < 1.29 is 4.92 Å². The second-order valence-corrected chi connectivity index (χ2v) is 8.96. The molecule has 0 N–H and O–H groups in total. The number of nitro benzene ring substituents is 1. The SMILES string of the molecule is CCC1CC2CC(C)CC(C2)N(CC(C)C)C1=Nc1ccc([N+](=O)[O-])cc1. The number of nitro groups is 1. The monoisotopic (exact) mass is 371 g/mol. The Kier molecular flexibility index (Phi) is 6.18. The fraction of sp³-hybridized carbons (Fsp3) is 0.682. The molecule has 2 fully saturated rings. The summed E-state index contributed by atoms with van der Waals surface area (Å²) in [5, 5.41) is 10.9. The highest BCUT2D eigenvalue weighted by Gasteiger charge is 2.39. The van der Waals surface area contributed by atoms with Crippen LogP contribution in [0.1, 0.15) is 59.8 Å². The van der Waals surface area contributed by atoms with E-state index < -0.39 is 0 Å². The minimum atomic E-state index is -0.354. The Labute approximate surface area is 163 Å². The van der Waals surface area contributed by atoms with E-state index in [1.165, 1.54) is 31.5 Å². The van der Waals surface area contributed by atoms with Crippen molar-refractivity contribution in [2.75, 3.05) is 6.54 Å². The van der Waals surface area contributed by atoms with Gasteiger partial charge in [-0.15, -0.1) is 0 Å². The maximum Gasteiger partial charge on any atom is 0.269 e. The number of non-ortho nitro benzene ring substituents is 1. The van der Waals surface area contributed by atoms with Crippen LogP contribution in [0.2, 0.25) is 0 Å². The molecule has 3 rings (SSSR count). The molecule has 4 atom stereocenters. The van der Waals surface area contributed by atoms with Crippen molar-refractivity contribution in [3.8, 4) is 0 Å². The third kappa shape index (κ3) is 4.69. The molecule has 0 spiro atoms. The van der Waals surface area contributed by atoms with Crippen molar-refractivity contribution in [3.05, 3.63) is 34.4 Å². The number of rotatable bonds is 5. The van der Waals surface area contributed by atoms with Crippen LogP contribution < -0.4 is 0 Å². The lowest BCUT2D eigenvalue weighted by molar-refractivity contribution is -0.384. The highest BCUT2D eigenvalue weighted by molar-refractivity contribution is 5.87. The van der Waals surface area contributed by atoms with E-state index in [9.17, 15) is 10.1 Å². The van der Waals surface area contributed by atoms with Crippen LogP contribution in [0.5, 0.6) is 0 Å². The molecular weight excluding hydrogens is 338 g/mol. The molecule has 1 aromatic carbocycles. The maximum absolute atomic E-state index is 10.9. The summed E-state index contributed by atoms with van der Waals surface area (Å²) in [7, 11) is 0. The highest BCUT2D eigenvalue weighted by atomic mass is 16.6. The molecular formula is C22H33N3O2. The van der Waals surface area contributed by atoms with Crippen LogP contribution in [0.4, 0.5) is 11.4 Å². The lowest BCUT2D eigenvalue weighted by Gasteiger charge is -2.40. The molecule has 1 heterocycles. The molecule has 148 valence electrons. The van der Waals surface area contributed by atoms with E-state index in [0.717, 1.165) is 30.5 Å². The third-order valence-electron chi connectivity index (χ3n) is 6.09. The average Bonchev–Trinajstić information content (AvgIpc) is 2.71. The lowest BCUT2D eigenvalue weighted by Crippen LogP contribution is -2.45. The molecule has 5 heteroatoms. The summed E-state index contributed by atoms with van der Waals surface area (Å²) in [5.74, 6) is 3.84. The highest BCUT2D eigenvalue weighted by Crippen LogP contribution is 2.41. The predicted molar refractivity (Wildman–Crippen MR) is 110 cm³/mol. The molecule has 4 unspecified atom stereocenters. The zero-order valence-corrected chi connectivity index (χ0v) is 17.1. The van der Waals surface area contributed by atoms with Gasteiger partial charge < -0.3 is 4.90 Å². The molecule has 1 aliphatic heterocycles. The van der Waals surface area contributed by atoms with Crippen LogP contribution in [0.25, 0.3) is 0 Å². The van der Waals surface area contributed by atoms with Gasteiger partial charge in [-0.3, -0.25) is 10.1 Å². The number of likely N-dealkylation sites (tertiary alicyclic amines) is 1. The molecule has 5 nitrogen and oxygen atoms in total. The molecule has 0 radical (unpaired) electrons. The number of fused-ring (bicyclic) bond motifs is 2. The second kappa shape index (κ2) is 8.41. The van der Waals surface area contributed by atoms with Crippen molar-refractivity contribution in [1.29, 1.82) is 0 Å². The van der Waals surface area contributed by atoms with Crippen LogP contribution in [-0.4, -0.2) is 28.2 Å². The molecule has 1 saturated carbocycles. The molecule has 1 aliphatic carbocycles. The van der Waals surface area contributed by atoms with Gasteiger partial charge in [0.15, 0.2) is 0 Å². The van der Waals surface area contributed by atoms with Crippen LogP contribution in [0.15, 0.2) is 29.3 Å². The van der Waals surface area contributed by atoms with E-state index in [4.69, 9.17) is 4.99 Å². The van der Waals surface area contributed by atoms with Gasteiger partial charge in [0.2, 0.25) is 0 Å². The summed E-state index contributed by atoms with van der Waals surface area (Å²) in [4.78, 5) is 18.2. The topological polar surface area (TPSA) is 58.7 Å². The third-order valence-corrected chi connectivity index (χ3v) is 6.09. The quantitative estimate of drug-likeness (QED) is 0.484. The molecule has 1 aromatic rings. The number of hydrogen-bond acceptors (Lipinski definition) is 3. The number of amidine groups is 1. The smallest absolute Gasteiger partial charge is 0.269 e. The predicted octanol–water partition coefficient (Wildman–Crippen LogP) is 5.82. The zero-order valence-electron chi connectivity index (χ0n) is 17.1. The van der Waals surface area contributed by atoms with E-state index in [-0.39, 0.29) is 10.6 Å². The van der Waals surface area contributed by atoms with Crippen LogP contribution >= 0.6 is 0 Å². The van der Waals surface area contributed by atoms with Gasteiger partial charge in [-0.25, -0.2) is 4.99 Å². The standard InChI is InChI=1S/C22H33N3O2/c1-5-18-12-17-10-16(4)11-21(13-17)24(14-15(2)3)22(18)23-19-6-8-20(9-7-19)25(26)27/h6-9,15-18,21H,5,10-14H2,1-4H3. The Balaban J connectivity index is 1.99. The van der Waals surface area contributed by atoms with Gasteiger partial charge >= 0.3 is 0 Å². The van der Waals surface area contributed by atoms with Crippen molar-refractivity contribution in [2.24, 2.45) is 28.7 Å². The second-order valence-electron chi connectivity index (χ2n) is 8.96. The normalized spacial score (nSPS) is 29.8. The Morgan fingerprint density at radius 3 is 2.48 bits per heavy atom. The Bertz CT molecular complexity index is 683. The van der Waals surface area contributed by atoms with E-state index in [1.54, 1.807) is 24.3 Å². The van der Waals surface area contributed by atoms with Gasteiger partial charge in [0.25, 0.3) is 5.69 Å². The van der Waals surface area contributed by atoms with Crippen LogP contribution in [0, 0.1) is 33.8 Å². The van der Waals surface area contributed by atoms with Gasteiger partial charge in [-0.2, -0.15) is 0 Å². The molecule has 2 aliphatic rings. The van der Waals surface area contributed by atoms with Gasteiger partial charge in [-0.1, -0.05) is 27.7 Å². The van der Waals surface area contributed by atoms with Gasteiger partial charge in [-0.05, 0) is 62.0 Å². The van der Waals surface area contributed by atoms with Crippen LogP contribution in [0.3, 0.4) is 0 Å². The molecule has 1 saturated heterocycles. The van der Waals surface area contributed by atoms with E-state index in [2.05, 4.69) is 32.6 Å². The maximum atomic E-state index is 10.9. The first-order valence-electron chi connectivity index (χ1n) is 10.5. The summed E-state index contributed by atoms with van der Waals surface area (Å²) < 4.78 is 0. The number of hydrogen-bond donors (Lipinski definition) is 0. The fourth-order valence-corrected chi connectivity index (χ4v) is 5.01. The summed E-state index contributed by atoms with van der Waals surface area (Å²) >= 11 is 0. The molecule has 27 heavy (non-hydrogen) atoms. The van der Waals surface area contributed by atoms with Gasteiger partial charge in [0.1, 0.15) is 5.84 Å². The summed E-state index contributed by atoms with van der Waals surface area (Å²) in [6.45, 7) is 10.2. The number of aliphatic imine (C=N–C) groups is 1. The minimum Gasteiger partial charge on any atom is -0.357 e. The van der Waals surface area contributed by atoms with E-state index >= 15 is 0 Å². The summed E-state index contributed by atoms with van der Waals surface area (Å²) in [5.41, 5.74) is 0.947. The Morgan fingerprint density at radius 2 is 1.89 bits per heavy atom. The lowest BCUT2D eigenvalue weighted by atomic mass is 9.77. The zero-order chi connectivity index (χ0) is 19.6. The van der Waals surface area contributed by atoms with Gasteiger partial charge in [0.05, 0.1) is 10.6 Å². The van der Waals surface area contributed by atoms with E-state index in [1.807, 2.05) is 0 Å². The van der Waals surface area contributed by atoms with Crippen molar-refractivity contribution in [1.82, 2.24) is 4.90 Å².